The average Bonchev–Trinajstić information content (AvgIpc) is 2.36. The van der Waals surface area contributed by atoms with Gasteiger partial charge in [-0.1, -0.05) is 46.6 Å². The van der Waals surface area contributed by atoms with Gasteiger partial charge in [-0.15, -0.1) is 0 Å². The number of anilines is 1. The van der Waals surface area contributed by atoms with Crippen molar-refractivity contribution in [3.63, 3.8) is 0 Å². The van der Waals surface area contributed by atoms with Crippen molar-refractivity contribution >= 4 is 34.6 Å². The quantitative estimate of drug-likeness (QED) is 0.380. The molecule has 92 valence electrons. The van der Waals surface area contributed by atoms with Crippen molar-refractivity contribution in [3.8, 4) is 0 Å². The van der Waals surface area contributed by atoms with E-state index in [1.807, 2.05) is 0 Å². The summed E-state index contributed by atoms with van der Waals surface area (Å²) in [5.41, 5.74) is 7.75. The number of hydrogen-bond donors (Lipinski definition) is 2. The first-order valence-electron chi connectivity index (χ1n) is 5.16. The number of rotatable bonds is 2. The standard InChI is InChI=1S/C13H10Cl2N2O/c14-8-5-6-12(16)10(7-8)13(17-18)9-3-1-2-4-11(9)15/h1-7,18H,16H2. The zero-order valence-electron chi connectivity index (χ0n) is 9.27. The lowest BCUT2D eigenvalue weighted by atomic mass is 10.0. The Morgan fingerprint density at radius 2 is 1.78 bits per heavy atom. The van der Waals surface area contributed by atoms with Crippen molar-refractivity contribution < 1.29 is 5.21 Å². The fraction of sp³-hybridized carbons (Fsp3) is 0. The zero-order chi connectivity index (χ0) is 13.1. The first-order valence-corrected chi connectivity index (χ1v) is 5.91. The summed E-state index contributed by atoms with van der Waals surface area (Å²) in [7, 11) is 0. The van der Waals surface area contributed by atoms with Crippen LogP contribution in [-0.4, -0.2) is 10.9 Å². The third-order valence-electron chi connectivity index (χ3n) is 2.50. The Morgan fingerprint density at radius 3 is 2.44 bits per heavy atom. The predicted molar refractivity (Wildman–Crippen MR) is 74.7 cm³/mol. The largest absolute Gasteiger partial charge is 0.410 e. The molecule has 0 spiro atoms. The van der Waals surface area contributed by atoms with E-state index in [0.29, 0.717) is 32.6 Å². The molecule has 0 bridgehead atoms. The first kappa shape index (κ1) is 12.7. The van der Waals surface area contributed by atoms with Gasteiger partial charge < -0.3 is 10.9 Å². The second-order valence-electron chi connectivity index (χ2n) is 3.66. The minimum atomic E-state index is 0.292. The highest BCUT2D eigenvalue weighted by atomic mass is 35.5. The van der Waals surface area contributed by atoms with Crippen LogP contribution in [0.3, 0.4) is 0 Å². The van der Waals surface area contributed by atoms with E-state index < -0.39 is 0 Å². The minimum Gasteiger partial charge on any atom is -0.410 e. The highest BCUT2D eigenvalue weighted by Crippen LogP contribution is 2.25. The number of halogens is 2. The molecule has 0 aliphatic heterocycles. The average molecular weight is 281 g/mol. The van der Waals surface area contributed by atoms with Crippen LogP contribution < -0.4 is 5.73 Å². The molecular formula is C13H10Cl2N2O. The van der Waals surface area contributed by atoms with Gasteiger partial charge in [0.15, 0.2) is 0 Å². The summed E-state index contributed by atoms with van der Waals surface area (Å²) in [6, 6.07) is 12.0. The Balaban J connectivity index is 2.60. The van der Waals surface area contributed by atoms with Crippen LogP contribution in [0.1, 0.15) is 11.1 Å². The Labute approximate surface area is 114 Å². The molecule has 0 unspecified atom stereocenters. The monoisotopic (exact) mass is 280 g/mol. The molecule has 0 aliphatic rings. The summed E-state index contributed by atoms with van der Waals surface area (Å²) in [5, 5.41) is 13.5. The molecule has 3 nitrogen and oxygen atoms in total. The molecule has 2 rings (SSSR count). The Hall–Kier alpha value is -1.71. The maximum absolute atomic E-state index is 9.20. The number of nitrogen functional groups attached to an aromatic ring is 1. The summed E-state index contributed by atoms with van der Waals surface area (Å²) in [6.45, 7) is 0. The summed E-state index contributed by atoms with van der Waals surface area (Å²) in [6.07, 6.45) is 0. The maximum atomic E-state index is 9.20. The van der Waals surface area contributed by atoms with E-state index in [1.54, 1.807) is 42.5 Å². The second-order valence-corrected chi connectivity index (χ2v) is 4.50. The summed E-state index contributed by atoms with van der Waals surface area (Å²) in [5.74, 6) is 0. The Bertz CT molecular complexity index is 612. The molecule has 0 fully saturated rings. The Morgan fingerprint density at radius 1 is 1.06 bits per heavy atom. The summed E-state index contributed by atoms with van der Waals surface area (Å²) < 4.78 is 0. The van der Waals surface area contributed by atoms with Gasteiger partial charge in [-0.25, -0.2) is 0 Å². The summed E-state index contributed by atoms with van der Waals surface area (Å²) in [4.78, 5) is 0. The SMILES string of the molecule is Nc1ccc(Cl)cc1C(=NO)c1ccccc1Cl. The fourth-order valence-corrected chi connectivity index (χ4v) is 2.04. The smallest absolute Gasteiger partial charge is 0.120 e. The molecule has 0 aliphatic carbocycles. The van der Waals surface area contributed by atoms with E-state index in [0.717, 1.165) is 0 Å². The van der Waals surface area contributed by atoms with Crippen LogP contribution in [0.4, 0.5) is 5.69 Å². The van der Waals surface area contributed by atoms with Crippen LogP contribution in [0.15, 0.2) is 47.6 Å². The molecule has 0 atom stereocenters. The third-order valence-corrected chi connectivity index (χ3v) is 3.06. The first-order chi connectivity index (χ1) is 8.63. The van der Waals surface area contributed by atoms with Gasteiger partial charge in [-0.2, -0.15) is 0 Å². The molecular weight excluding hydrogens is 271 g/mol. The van der Waals surface area contributed by atoms with Crippen LogP contribution in [0, 0.1) is 0 Å². The number of hydrogen-bond acceptors (Lipinski definition) is 3. The van der Waals surface area contributed by atoms with Gasteiger partial charge in [0.2, 0.25) is 0 Å². The molecule has 5 heteroatoms. The van der Waals surface area contributed by atoms with E-state index in [2.05, 4.69) is 5.16 Å². The van der Waals surface area contributed by atoms with E-state index >= 15 is 0 Å². The highest BCUT2D eigenvalue weighted by molar-refractivity contribution is 6.36. The van der Waals surface area contributed by atoms with Crippen LogP contribution in [0.25, 0.3) is 0 Å². The predicted octanol–water partition coefficient (Wildman–Crippen LogP) is 3.80. The van der Waals surface area contributed by atoms with Crippen molar-refractivity contribution in [2.75, 3.05) is 5.73 Å². The molecule has 2 aromatic carbocycles. The van der Waals surface area contributed by atoms with Gasteiger partial charge >= 0.3 is 0 Å². The number of nitrogens with two attached hydrogens (primary N) is 1. The third kappa shape index (κ3) is 2.42. The molecule has 3 N–H and O–H groups in total. The molecule has 0 saturated heterocycles. The molecule has 0 radical (unpaired) electrons. The van der Waals surface area contributed by atoms with Crippen molar-refractivity contribution in [1.82, 2.24) is 0 Å². The van der Waals surface area contributed by atoms with Crippen molar-refractivity contribution in [3.05, 3.63) is 63.6 Å². The lowest BCUT2D eigenvalue weighted by molar-refractivity contribution is 0.319. The van der Waals surface area contributed by atoms with Gasteiger partial charge in [0, 0.05) is 21.8 Å². The van der Waals surface area contributed by atoms with Gasteiger partial charge in [-0.05, 0) is 24.3 Å². The molecule has 0 amide bonds. The number of oxime groups is 1. The van der Waals surface area contributed by atoms with Gasteiger partial charge in [0.05, 0.1) is 5.02 Å². The van der Waals surface area contributed by atoms with E-state index in [4.69, 9.17) is 28.9 Å². The molecule has 0 saturated carbocycles. The number of benzene rings is 2. The molecule has 2 aromatic rings. The lowest BCUT2D eigenvalue weighted by Crippen LogP contribution is -2.07. The van der Waals surface area contributed by atoms with Crippen LogP contribution in [0.5, 0.6) is 0 Å². The van der Waals surface area contributed by atoms with E-state index in [-0.39, 0.29) is 0 Å². The topological polar surface area (TPSA) is 58.6 Å². The van der Waals surface area contributed by atoms with Crippen molar-refractivity contribution in [1.29, 1.82) is 0 Å². The van der Waals surface area contributed by atoms with Crippen molar-refractivity contribution in [2.45, 2.75) is 0 Å². The minimum absolute atomic E-state index is 0.292. The van der Waals surface area contributed by atoms with Gasteiger partial charge in [0.1, 0.15) is 5.71 Å². The molecule has 18 heavy (non-hydrogen) atoms. The molecule has 0 aromatic heterocycles. The number of nitrogens with zero attached hydrogens (tertiary/aromatic N) is 1. The highest BCUT2D eigenvalue weighted by Gasteiger charge is 2.14. The summed E-state index contributed by atoms with van der Waals surface area (Å²) >= 11 is 12.0. The normalized spacial score (nSPS) is 11.6. The van der Waals surface area contributed by atoms with Gasteiger partial charge in [0.25, 0.3) is 0 Å². The van der Waals surface area contributed by atoms with Crippen LogP contribution in [-0.2, 0) is 0 Å². The lowest BCUT2D eigenvalue weighted by Gasteiger charge is -2.09. The van der Waals surface area contributed by atoms with Crippen LogP contribution >= 0.6 is 23.2 Å². The molecule has 0 heterocycles. The second kappa shape index (κ2) is 5.29. The van der Waals surface area contributed by atoms with Crippen molar-refractivity contribution in [2.24, 2.45) is 5.16 Å². The zero-order valence-corrected chi connectivity index (χ0v) is 10.8. The van der Waals surface area contributed by atoms with Crippen LogP contribution in [0.2, 0.25) is 10.0 Å². The fourth-order valence-electron chi connectivity index (χ4n) is 1.64. The van der Waals surface area contributed by atoms with E-state index in [1.165, 1.54) is 0 Å². The van der Waals surface area contributed by atoms with E-state index in [9.17, 15) is 5.21 Å². The van der Waals surface area contributed by atoms with Gasteiger partial charge in [-0.3, -0.25) is 0 Å². The maximum Gasteiger partial charge on any atom is 0.120 e. The Kier molecular flexibility index (Phi) is 3.75.